The SMILES string of the molecule is CC[C@H](NC(=O)c1cccc2c1cnn2-c1ccc(F)cc1)c1ccc(Br)nc1. The number of pyridine rings is 1. The number of nitrogens with zero attached hydrogens (tertiary/aromatic N) is 3. The number of hydrogen-bond acceptors (Lipinski definition) is 3. The van der Waals surface area contributed by atoms with E-state index in [0.29, 0.717) is 5.56 Å². The number of fused-ring (bicyclic) bond motifs is 1. The first kappa shape index (κ1) is 19.3. The number of carbonyl (C=O) groups excluding carboxylic acids is 1. The fraction of sp³-hybridized carbons (Fsp3) is 0.136. The quantitative estimate of drug-likeness (QED) is 0.423. The van der Waals surface area contributed by atoms with Gasteiger partial charge in [-0.1, -0.05) is 19.1 Å². The minimum atomic E-state index is -0.307. The highest BCUT2D eigenvalue weighted by Crippen LogP contribution is 2.24. The number of aromatic nitrogens is 3. The van der Waals surface area contributed by atoms with Crippen LogP contribution in [0.4, 0.5) is 4.39 Å². The van der Waals surface area contributed by atoms with Gasteiger partial charge in [0.15, 0.2) is 0 Å². The average Bonchev–Trinajstić information content (AvgIpc) is 3.17. The highest BCUT2D eigenvalue weighted by atomic mass is 79.9. The second kappa shape index (κ2) is 8.13. The zero-order valence-electron chi connectivity index (χ0n) is 15.6. The lowest BCUT2D eigenvalue weighted by atomic mass is 10.0. The summed E-state index contributed by atoms with van der Waals surface area (Å²) in [4.78, 5) is 17.3. The van der Waals surface area contributed by atoms with Crippen LogP contribution in [0.3, 0.4) is 0 Å². The first-order valence-corrected chi connectivity index (χ1v) is 10.0. The van der Waals surface area contributed by atoms with E-state index >= 15 is 0 Å². The molecule has 0 unspecified atom stereocenters. The number of hydrogen-bond donors (Lipinski definition) is 1. The Morgan fingerprint density at radius 1 is 1.14 bits per heavy atom. The first-order chi connectivity index (χ1) is 14.1. The average molecular weight is 453 g/mol. The first-order valence-electron chi connectivity index (χ1n) is 9.22. The van der Waals surface area contributed by atoms with Gasteiger partial charge in [0.05, 0.1) is 29.0 Å². The molecule has 1 N–H and O–H groups in total. The fourth-order valence-corrected chi connectivity index (χ4v) is 3.52. The molecule has 0 spiro atoms. The van der Waals surface area contributed by atoms with Crippen LogP contribution in [0.15, 0.2) is 71.6 Å². The monoisotopic (exact) mass is 452 g/mol. The molecular formula is C22H18BrFN4O. The molecule has 146 valence electrons. The lowest BCUT2D eigenvalue weighted by Crippen LogP contribution is -2.28. The summed E-state index contributed by atoms with van der Waals surface area (Å²) in [5, 5.41) is 8.23. The van der Waals surface area contributed by atoms with Crippen LogP contribution >= 0.6 is 15.9 Å². The van der Waals surface area contributed by atoms with Crippen LogP contribution in [-0.4, -0.2) is 20.7 Å². The Kier molecular flexibility index (Phi) is 5.40. The van der Waals surface area contributed by atoms with E-state index < -0.39 is 0 Å². The van der Waals surface area contributed by atoms with Crippen molar-refractivity contribution in [2.45, 2.75) is 19.4 Å². The Hall–Kier alpha value is -3.06. The van der Waals surface area contributed by atoms with E-state index in [1.807, 2.05) is 31.2 Å². The highest BCUT2D eigenvalue weighted by Gasteiger charge is 2.18. The van der Waals surface area contributed by atoms with Gasteiger partial charge < -0.3 is 5.32 Å². The molecule has 0 bridgehead atoms. The lowest BCUT2D eigenvalue weighted by molar-refractivity contribution is 0.0937. The summed E-state index contributed by atoms with van der Waals surface area (Å²) in [6, 6.07) is 15.2. The predicted molar refractivity (Wildman–Crippen MR) is 113 cm³/mol. The smallest absolute Gasteiger partial charge is 0.252 e. The van der Waals surface area contributed by atoms with Gasteiger partial charge >= 0.3 is 0 Å². The van der Waals surface area contributed by atoms with Gasteiger partial charge in [-0.05, 0) is 70.4 Å². The predicted octanol–water partition coefficient (Wildman–Crippen LogP) is 5.20. The minimum Gasteiger partial charge on any atom is -0.345 e. The van der Waals surface area contributed by atoms with Crippen LogP contribution in [0.1, 0.15) is 35.3 Å². The van der Waals surface area contributed by atoms with E-state index in [-0.39, 0.29) is 17.8 Å². The van der Waals surface area contributed by atoms with Crippen LogP contribution in [0.2, 0.25) is 0 Å². The fourth-order valence-electron chi connectivity index (χ4n) is 3.29. The molecule has 0 saturated heterocycles. The minimum absolute atomic E-state index is 0.148. The molecule has 2 heterocycles. The Morgan fingerprint density at radius 3 is 2.62 bits per heavy atom. The third kappa shape index (κ3) is 3.91. The van der Waals surface area contributed by atoms with Crippen molar-refractivity contribution in [3.8, 4) is 5.69 Å². The Balaban J connectivity index is 1.66. The maximum atomic E-state index is 13.2. The van der Waals surface area contributed by atoms with E-state index in [9.17, 15) is 9.18 Å². The number of halogens is 2. The number of nitrogens with one attached hydrogen (secondary N) is 1. The molecule has 0 radical (unpaired) electrons. The molecule has 1 amide bonds. The summed E-state index contributed by atoms with van der Waals surface area (Å²) in [5.41, 5.74) is 2.99. The van der Waals surface area contributed by atoms with Crippen LogP contribution in [0.25, 0.3) is 16.6 Å². The van der Waals surface area contributed by atoms with Gasteiger partial charge in [-0.15, -0.1) is 0 Å². The van der Waals surface area contributed by atoms with E-state index in [0.717, 1.165) is 33.2 Å². The van der Waals surface area contributed by atoms with Crippen molar-refractivity contribution >= 4 is 32.7 Å². The third-order valence-corrected chi connectivity index (χ3v) is 5.26. The van der Waals surface area contributed by atoms with Crippen molar-refractivity contribution < 1.29 is 9.18 Å². The molecule has 0 saturated carbocycles. The van der Waals surface area contributed by atoms with Crippen LogP contribution in [0.5, 0.6) is 0 Å². The molecule has 4 rings (SSSR count). The topological polar surface area (TPSA) is 59.8 Å². The maximum Gasteiger partial charge on any atom is 0.252 e. The zero-order chi connectivity index (χ0) is 20.4. The lowest BCUT2D eigenvalue weighted by Gasteiger charge is -2.17. The van der Waals surface area contributed by atoms with Gasteiger partial charge in [0.1, 0.15) is 10.4 Å². The second-order valence-electron chi connectivity index (χ2n) is 6.62. The van der Waals surface area contributed by atoms with Crippen molar-refractivity contribution in [3.63, 3.8) is 0 Å². The summed E-state index contributed by atoms with van der Waals surface area (Å²) in [5.74, 6) is -0.484. The second-order valence-corrected chi connectivity index (χ2v) is 7.43. The molecule has 1 atom stereocenters. The van der Waals surface area contributed by atoms with Crippen molar-refractivity contribution in [1.82, 2.24) is 20.1 Å². The van der Waals surface area contributed by atoms with Crippen LogP contribution in [0, 0.1) is 5.82 Å². The van der Waals surface area contributed by atoms with Gasteiger partial charge in [-0.25, -0.2) is 14.1 Å². The van der Waals surface area contributed by atoms with E-state index in [1.165, 1.54) is 12.1 Å². The summed E-state index contributed by atoms with van der Waals surface area (Å²) in [7, 11) is 0. The van der Waals surface area contributed by atoms with E-state index in [1.54, 1.807) is 35.3 Å². The molecule has 0 fully saturated rings. The van der Waals surface area contributed by atoms with Gasteiger partial charge in [-0.2, -0.15) is 5.10 Å². The Labute approximate surface area is 175 Å². The highest BCUT2D eigenvalue weighted by molar-refractivity contribution is 9.10. The zero-order valence-corrected chi connectivity index (χ0v) is 17.2. The molecule has 7 heteroatoms. The molecule has 5 nitrogen and oxygen atoms in total. The van der Waals surface area contributed by atoms with Crippen molar-refractivity contribution in [3.05, 3.63) is 88.5 Å². The van der Waals surface area contributed by atoms with Crippen molar-refractivity contribution in [2.24, 2.45) is 0 Å². The molecule has 4 aromatic rings. The van der Waals surface area contributed by atoms with Gasteiger partial charge in [0, 0.05) is 11.6 Å². The van der Waals surface area contributed by atoms with Crippen LogP contribution < -0.4 is 5.32 Å². The Morgan fingerprint density at radius 2 is 1.93 bits per heavy atom. The van der Waals surface area contributed by atoms with Crippen molar-refractivity contribution in [1.29, 1.82) is 0 Å². The van der Waals surface area contributed by atoms with Gasteiger partial charge in [-0.3, -0.25) is 4.79 Å². The summed E-state index contributed by atoms with van der Waals surface area (Å²) in [6.07, 6.45) is 4.15. The van der Waals surface area contributed by atoms with Crippen molar-refractivity contribution in [2.75, 3.05) is 0 Å². The maximum absolute atomic E-state index is 13.2. The molecule has 0 aliphatic carbocycles. The molecule has 2 aromatic heterocycles. The molecular weight excluding hydrogens is 435 g/mol. The largest absolute Gasteiger partial charge is 0.345 e. The Bertz CT molecular complexity index is 1160. The van der Waals surface area contributed by atoms with Gasteiger partial charge in [0.25, 0.3) is 5.91 Å². The molecule has 29 heavy (non-hydrogen) atoms. The molecule has 0 aliphatic heterocycles. The standard InChI is InChI=1S/C22H18BrFN4O/c1-2-19(14-6-11-21(23)25-12-14)27-22(29)17-4-3-5-20-18(17)13-26-28(20)16-9-7-15(24)8-10-16/h3-13,19H,2H2,1H3,(H,27,29)/t19-/m0/s1. The van der Waals surface area contributed by atoms with Gasteiger partial charge in [0.2, 0.25) is 0 Å². The number of rotatable bonds is 5. The summed E-state index contributed by atoms with van der Waals surface area (Å²) < 4.78 is 15.7. The number of amides is 1. The van der Waals surface area contributed by atoms with Crippen LogP contribution in [-0.2, 0) is 0 Å². The molecule has 0 aliphatic rings. The summed E-state index contributed by atoms with van der Waals surface area (Å²) >= 11 is 3.33. The number of benzene rings is 2. The van der Waals surface area contributed by atoms with E-state index in [4.69, 9.17) is 0 Å². The molecule has 2 aromatic carbocycles. The third-order valence-electron chi connectivity index (χ3n) is 4.80. The normalized spacial score (nSPS) is 12.1. The van der Waals surface area contributed by atoms with E-state index in [2.05, 4.69) is 31.3 Å². The summed E-state index contributed by atoms with van der Waals surface area (Å²) in [6.45, 7) is 2.01. The number of carbonyl (C=O) groups is 1.